The summed E-state index contributed by atoms with van der Waals surface area (Å²) in [7, 11) is 1.56. The maximum Gasteiger partial charge on any atom is 0.136 e. The number of terminal acetylenes is 1. The highest BCUT2D eigenvalue weighted by Gasteiger charge is 2.04. The Morgan fingerprint density at radius 1 is 1.53 bits per heavy atom. The number of rotatable bonds is 5. The molecule has 0 bridgehead atoms. The van der Waals surface area contributed by atoms with Crippen LogP contribution in [0.15, 0.2) is 18.2 Å². The molecule has 88 valence electrons. The van der Waals surface area contributed by atoms with Crippen molar-refractivity contribution in [2.75, 3.05) is 7.11 Å². The zero-order valence-electron chi connectivity index (χ0n) is 10.2. The minimum Gasteiger partial charge on any atom is -0.495 e. The van der Waals surface area contributed by atoms with Crippen LogP contribution in [0.25, 0.3) is 0 Å². The number of nitriles is 1. The van der Waals surface area contributed by atoms with E-state index >= 15 is 0 Å². The Hall–Kier alpha value is -1.97. The van der Waals surface area contributed by atoms with Gasteiger partial charge in [-0.15, -0.1) is 12.3 Å². The average molecular weight is 228 g/mol. The van der Waals surface area contributed by atoms with Crippen LogP contribution < -0.4 is 10.1 Å². The van der Waals surface area contributed by atoms with Crippen LogP contribution in [0.2, 0.25) is 0 Å². The lowest BCUT2D eigenvalue weighted by Gasteiger charge is -2.11. The summed E-state index contributed by atoms with van der Waals surface area (Å²) in [6, 6.07) is 7.91. The van der Waals surface area contributed by atoms with Crippen molar-refractivity contribution in [2.24, 2.45) is 0 Å². The minimum absolute atomic E-state index is 0.279. The number of nitrogens with zero attached hydrogens (tertiary/aromatic N) is 1. The topological polar surface area (TPSA) is 45.0 Å². The van der Waals surface area contributed by atoms with Crippen molar-refractivity contribution < 1.29 is 4.74 Å². The zero-order valence-corrected chi connectivity index (χ0v) is 10.2. The molecule has 0 radical (unpaired) electrons. The zero-order chi connectivity index (χ0) is 12.7. The fourth-order valence-electron chi connectivity index (χ4n) is 1.48. The molecule has 0 spiro atoms. The van der Waals surface area contributed by atoms with Gasteiger partial charge >= 0.3 is 0 Å². The first-order valence-corrected chi connectivity index (χ1v) is 5.45. The van der Waals surface area contributed by atoms with Crippen LogP contribution in [0, 0.1) is 23.7 Å². The summed E-state index contributed by atoms with van der Waals surface area (Å²) in [6.07, 6.45) is 5.94. The van der Waals surface area contributed by atoms with Crippen molar-refractivity contribution in [2.45, 2.75) is 25.9 Å². The van der Waals surface area contributed by atoms with E-state index in [2.05, 4.69) is 17.3 Å². The van der Waals surface area contributed by atoms with Crippen molar-refractivity contribution in [1.29, 1.82) is 5.26 Å². The molecule has 0 aromatic heterocycles. The van der Waals surface area contributed by atoms with Crippen molar-refractivity contribution in [3.63, 3.8) is 0 Å². The van der Waals surface area contributed by atoms with Gasteiger partial charge in [0.25, 0.3) is 0 Å². The Bertz CT molecular complexity index is 454. The van der Waals surface area contributed by atoms with E-state index in [1.807, 2.05) is 19.1 Å². The van der Waals surface area contributed by atoms with E-state index in [1.165, 1.54) is 0 Å². The van der Waals surface area contributed by atoms with Gasteiger partial charge in [-0.25, -0.2) is 0 Å². The highest BCUT2D eigenvalue weighted by atomic mass is 16.5. The van der Waals surface area contributed by atoms with Gasteiger partial charge in [0.2, 0.25) is 0 Å². The van der Waals surface area contributed by atoms with Gasteiger partial charge in [0.1, 0.15) is 11.8 Å². The molecule has 17 heavy (non-hydrogen) atoms. The van der Waals surface area contributed by atoms with Crippen molar-refractivity contribution in [1.82, 2.24) is 5.32 Å². The maximum atomic E-state index is 8.86. The van der Waals surface area contributed by atoms with E-state index in [0.717, 1.165) is 5.56 Å². The van der Waals surface area contributed by atoms with Crippen LogP contribution in [0.4, 0.5) is 0 Å². The Morgan fingerprint density at radius 3 is 2.88 bits per heavy atom. The summed E-state index contributed by atoms with van der Waals surface area (Å²) in [4.78, 5) is 0. The Morgan fingerprint density at radius 2 is 2.29 bits per heavy atom. The normalized spacial score (nSPS) is 11.3. The fourth-order valence-corrected chi connectivity index (χ4v) is 1.48. The van der Waals surface area contributed by atoms with E-state index in [4.69, 9.17) is 16.4 Å². The summed E-state index contributed by atoms with van der Waals surface area (Å²) in [6.45, 7) is 2.76. The molecular formula is C14H16N2O. The molecule has 0 heterocycles. The van der Waals surface area contributed by atoms with Crippen LogP contribution in [-0.2, 0) is 6.54 Å². The first-order valence-electron chi connectivity index (χ1n) is 5.45. The predicted molar refractivity (Wildman–Crippen MR) is 67.5 cm³/mol. The molecule has 0 saturated carbocycles. The molecule has 1 N–H and O–H groups in total. The lowest BCUT2D eigenvalue weighted by atomic mass is 10.1. The molecule has 0 amide bonds. The van der Waals surface area contributed by atoms with Crippen LogP contribution in [0.5, 0.6) is 5.75 Å². The second kappa shape index (κ2) is 6.58. The lowest BCUT2D eigenvalue weighted by molar-refractivity contribution is 0.412. The van der Waals surface area contributed by atoms with Crippen molar-refractivity contribution >= 4 is 0 Å². The molecule has 0 saturated heterocycles. The molecular weight excluding hydrogens is 212 g/mol. The molecule has 1 aromatic carbocycles. The number of hydrogen-bond acceptors (Lipinski definition) is 3. The lowest BCUT2D eigenvalue weighted by Crippen LogP contribution is -2.24. The molecule has 0 fully saturated rings. The molecule has 1 unspecified atom stereocenters. The molecule has 3 heteroatoms. The highest BCUT2D eigenvalue weighted by Crippen LogP contribution is 2.19. The van der Waals surface area contributed by atoms with E-state index in [0.29, 0.717) is 24.3 Å². The predicted octanol–water partition coefficient (Wildman–Crippen LogP) is 2.07. The van der Waals surface area contributed by atoms with Crippen LogP contribution in [-0.4, -0.2) is 13.2 Å². The third kappa shape index (κ3) is 3.83. The van der Waals surface area contributed by atoms with Gasteiger partial charge in [-0.3, -0.25) is 0 Å². The molecule has 0 aliphatic carbocycles. The number of hydrogen-bond donors (Lipinski definition) is 1. The fraction of sp³-hybridized carbons (Fsp3) is 0.357. The van der Waals surface area contributed by atoms with E-state index < -0.39 is 0 Å². The second-order valence-electron chi connectivity index (χ2n) is 3.84. The summed E-state index contributed by atoms with van der Waals surface area (Å²) >= 11 is 0. The van der Waals surface area contributed by atoms with Crippen LogP contribution >= 0.6 is 0 Å². The third-order valence-corrected chi connectivity index (χ3v) is 2.47. The average Bonchev–Trinajstić information content (AvgIpc) is 2.36. The molecule has 1 aromatic rings. The number of methoxy groups -OCH3 is 1. The molecule has 1 atom stereocenters. The van der Waals surface area contributed by atoms with Gasteiger partial charge in [-0.2, -0.15) is 5.26 Å². The number of ether oxygens (including phenoxy) is 1. The summed E-state index contributed by atoms with van der Waals surface area (Å²) in [5.41, 5.74) is 1.62. The van der Waals surface area contributed by atoms with Gasteiger partial charge in [0.05, 0.1) is 12.7 Å². The minimum atomic E-state index is 0.279. The summed E-state index contributed by atoms with van der Waals surface area (Å²) in [5, 5.41) is 12.2. The van der Waals surface area contributed by atoms with Gasteiger partial charge in [0, 0.05) is 19.0 Å². The van der Waals surface area contributed by atoms with Gasteiger partial charge < -0.3 is 10.1 Å². The molecule has 0 aliphatic heterocycles. The Kier molecular flexibility index (Phi) is 5.07. The third-order valence-electron chi connectivity index (χ3n) is 2.47. The first kappa shape index (κ1) is 13.1. The Balaban J connectivity index is 2.68. The SMILES string of the molecule is C#CCC(C)NCc1ccc(C#N)c(OC)c1. The quantitative estimate of drug-likeness (QED) is 0.785. The smallest absolute Gasteiger partial charge is 0.136 e. The number of nitrogens with one attached hydrogen (secondary N) is 1. The number of benzene rings is 1. The Labute approximate surface area is 102 Å². The van der Waals surface area contributed by atoms with Crippen molar-refractivity contribution in [3.8, 4) is 24.2 Å². The van der Waals surface area contributed by atoms with Gasteiger partial charge in [-0.05, 0) is 24.6 Å². The van der Waals surface area contributed by atoms with E-state index in [9.17, 15) is 0 Å². The first-order chi connectivity index (χ1) is 8.21. The van der Waals surface area contributed by atoms with Gasteiger partial charge in [0.15, 0.2) is 0 Å². The molecule has 0 aliphatic rings. The standard InChI is InChI=1S/C14H16N2O/c1-4-5-11(2)16-10-12-6-7-13(9-15)14(8-12)17-3/h1,6-8,11,16H,5,10H2,2-3H3. The molecule has 3 nitrogen and oxygen atoms in total. The van der Waals surface area contributed by atoms with E-state index in [-0.39, 0.29) is 6.04 Å². The second-order valence-corrected chi connectivity index (χ2v) is 3.84. The highest BCUT2D eigenvalue weighted by molar-refractivity contribution is 5.45. The van der Waals surface area contributed by atoms with Gasteiger partial charge in [-0.1, -0.05) is 6.07 Å². The summed E-state index contributed by atoms with van der Waals surface area (Å²) < 4.78 is 5.15. The van der Waals surface area contributed by atoms with Crippen molar-refractivity contribution in [3.05, 3.63) is 29.3 Å². The maximum absolute atomic E-state index is 8.86. The van der Waals surface area contributed by atoms with Crippen LogP contribution in [0.1, 0.15) is 24.5 Å². The molecule has 1 rings (SSSR count). The summed E-state index contributed by atoms with van der Waals surface area (Å²) in [5.74, 6) is 3.22. The monoisotopic (exact) mass is 228 g/mol. The van der Waals surface area contributed by atoms with E-state index in [1.54, 1.807) is 13.2 Å². The van der Waals surface area contributed by atoms with Crippen LogP contribution in [0.3, 0.4) is 0 Å². The largest absolute Gasteiger partial charge is 0.495 e.